The van der Waals surface area contributed by atoms with Gasteiger partial charge in [-0.25, -0.2) is 4.98 Å². The minimum absolute atomic E-state index is 0.0683. The first-order valence-corrected chi connectivity index (χ1v) is 4.58. The zero-order chi connectivity index (χ0) is 10.4. The Morgan fingerprint density at radius 2 is 2.29 bits per heavy atom. The quantitative estimate of drug-likeness (QED) is 0.717. The molecule has 0 aliphatic carbocycles. The first-order valence-electron chi connectivity index (χ1n) is 4.58. The molecule has 0 saturated carbocycles. The fourth-order valence-electron chi connectivity index (χ4n) is 1.09. The summed E-state index contributed by atoms with van der Waals surface area (Å²) in [7, 11) is 1.63. The number of nitrogens with zero attached hydrogens (tertiary/aromatic N) is 1. The molecule has 0 aromatic carbocycles. The molecular formula is C10H16N2O2. The molecule has 4 nitrogen and oxygen atoms in total. The van der Waals surface area contributed by atoms with Crippen molar-refractivity contribution in [3.8, 4) is 5.88 Å². The molecule has 78 valence electrons. The van der Waals surface area contributed by atoms with E-state index in [0.29, 0.717) is 19.1 Å². The number of rotatable bonds is 5. The van der Waals surface area contributed by atoms with Crippen molar-refractivity contribution in [2.24, 2.45) is 5.73 Å². The Bertz CT molecular complexity index is 277. The van der Waals surface area contributed by atoms with Crippen LogP contribution in [0.4, 0.5) is 0 Å². The molecule has 0 fully saturated rings. The third-order valence-corrected chi connectivity index (χ3v) is 1.82. The van der Waals surface area contributed by atoms with E-state index < -0.39 is 0 Å². The monoisotopic (exact) mass is 196 g/mol. The number of nitrogens with two attached hydrogens (primary N) is 1. The van der Waals surface area contributed by atoms with Gasteiger partial charge < -0.3 is 15.2 Å². The lowest BCUT2D eigenvalue weighted by atomic mass is 10.1. The standard InChI is InChI=1S/C10H16N2O2/c1-8(11)9-4-3-5-12-10(9)14-7-6-13-2/h3-5,8H,6-7,11H2,1-2H3/t8-/m1/s1. The lowest BCUT2D eigenvalue weighted by Crippen LogP contribution is -2.11. The second kappa shape index (κ2) is 5.57. The van der Waals surface area contributed by atoms with Crippen LogP contribution < -0.4 is 10.5 Å². The largest absolute Gasteiger partial charge is 0.475 e. The van der Waals surface area contributed by atoms with E-state index in [1.54, 1.807) is 13.3 Å². The van der Waals surface area contributed by atoms with Gasteiger partial charge in [-0.2, -0.15) is 0 Å². The molecule has 0 bridgehead atoms. The molecule has 0 radical (unpaired) electrons. The number of hydrogen-bond donors (Lipinski definition) is 1. The van der Waals surface area contributed by atoms with Gasteiger partial charge in [-0.05, 0) is 13.0 Å². The summed E-state index contributed by atoms with van der Waals surface area (Å²) in [6.45, 7) is 2.95. The Kier molecular flexibility index (Phi) is 4.35. The highest BCUT2D eigenvalue weighted by Gasteiger charge is 2.07. The van der Waals surface area contributed by atoms with Crippen molar-refractivity contribution in [3.63, 3.8) is 0 Å². The smallest absolute Gasteiger partial charge is 0.218 e. The molecule has 0 spiro atoms. The van der Waals surface area contributed by atoms with E-state index in [-0.39, 0.29) is 6.04 Å². The van der Waals surface area contributed by atoms with E-state index in [9.17, 15) is 0 Å². The van der Waals surface area contributed by atoms with Crippen LogP contribution in [-0.2, 0) is 4.74 Å². The number of methoxy groups -OCH3 is 1. The van der Waals surface area contributed by atoms with Crippen molar-refractivity contribution in [2.75, 3.05) is 20.3 Å². The van der Waals surface area contributed by atoms with Gasteiger partial charge in [0.2, 0.25) is 5.88 Å². The molecule has 0 saturated heterocycles. The van der Waals surface area contributed by atoms with Crippen LogP contribution in [0.3, 0.4) is 0 Å². The number of aromatic nitrogens is 1. The molecule has 1 aromatic heterocycles. The Morgan fingerprint density at radius 1 is 1.50 bits per heavy atom. The molecule has 2 N–H and O–H groups in total. The minimum Gasteiger partial charge on any atom is -0.475 e. The van der Waals surface area contributed by atoms with Crippen LogP contribution in [0.15, 0.2) is 18.3 Å². The summed E-state index contributed by atoms with van der Waals surface area (Å²) < 4.78 is 10.3. The van der Waals surface area contributed by atoms with Crippen molar-refractivity contribution in [1.82, 2.24) is 4.98 Å². The lowest BCUT2D eigenvalue weighted by molar-refractivity contribution is 0.143. The second-order valence-electron chi connectivity index (χ2n) is 3.03. The summed E-state index contributed by atoms with van der Waals surface area (Å²) in [4.78, 5) is 4.11. The summed E-state index contributed by atoms with van der Waals surface area (Å²) in [6, 6.07) is 3.70. The summed E-state index contributed by atoms with van der Waals surface area (Å²) in [5, 5.41) is 0. The third kappa shape index (κ3) is 2.97. The van der Waals surface area contributed by atoms with Gasteiger partial charge in [-0.1, -0.05) is 6.07 Å². The van der Waals surface area contributed by atoms with Crippen LogP contribution in [0.5, 0.6) is 5.88 Å². The van der Waals surface area contributed by atoms with Crippen molar-refractivity contribution in [3.05, 3.63) is 23.9 Å². The summed E-state index contributed by atoms with van der Waals surface area (Å²) in [5.41, 5.74) is 6.69. The first kappa shape index (κ1) is 10.9. The zero-order valence-corrected chi connectivity index (χ0v) is 8.56. The highest BCUT2D eigenvalue weighted by Crippen LogP contribution is 2.19. The Hall–Kier alpha value is -1.13. The van der Waals surface area contributed by atoms with E-state index in [2.05, 4.69) is 4.98 Å². The fourth-order valence-corrected chi connectivity index (χ4v) is 1.09. The van der Waals surface area contributed by atoms with Crippen LogP contribution in [0.1, 0.15) is 18.5 Å². The molecule has 14 heavy (non-hydrogen) atoms. The van der Waals surface area contributed by atoms with Crippen molar-refractivity contribution in [1.29, 1.82) is 0 Å². The second-order valence-corrected chi connectivity index (χ2v) is 3.03. The molecule has 4 heteroatoms. The maximum absolute atomic E-state index is 5.77. The summed E-state index contributed by atoms with van der Waals surface area (Å²) in [5.74, 6) is 0.597. The van der Waals surface area contributed by atoms with E-state index in [1.165, 1.54) is 0 Å². The number of ether oxygens (including phenoxy) is 2. The van der Waals surface area contributed by atoms with Crippen molar-refractivity contribution in [2.45, 2.75) is 13.0 Å². The maximum atomic E-state index is 5.77. The van der Waals surface area contributed by atoms with Gasteiger partial charge in [0.15, 0.2) is 0 Å². The lowest BCUT2D eigenvalue weighted by Gasteiger charge is -2.11. The molecule has 0 aliphatic heterocycles. The Morgan fingerprint density at radius 3 is 2.93 bits per heavy atom. The predicted molar refractivity (Wildman–Crippen MR) is 54.2 cm³/mol. The van der Waals surface area contributed by atoms with Crippen molar-refractivity contribution < 1.29 is 9.47 Å². The van der Waals surface area contributed by atoms with Crippen LogP contribution in [0.2, 0.25) is 0 Å². The highest BCUT2D eigenvalue weighted by atomic mass is 16.5. The highest BCUT2D eigenvalue weighted by molar-refractivity contribution is 5.27. The third-order valence-electron chi connectivity index (χ3n) is 1.82. The minimum atomic E-state index is -0.0683. The number of hydrogen-bond acceptors (Lipinski definition) is 4. The average Bonchev–Trinajstić information content (AvgIpc) is 2.19. The van der Waals surface area contributed by atoms with Gasteiger partial charge in [0.05, 0.1) is 6.61 Å². The van der Waals surface area contributed by atoms with Gasteiger partial charge in [-0.15, -0.1) is 0 Å². The van der Waals surface area contributed by atoms with Crippen LogP contribution in [-0.4, -0.2) is 25.3 Å². The maximum Gasteiger partial charge on any atom is 0.218 e. The average molecular weight is 196 g/mol. The molecule has 1 heterocycles. The predicted octanol–water partition coefficient (Wildman–Crippen LogP) is 1.13. The van der Waals surface area contributed by atoms with Gasteiger partial charge in [-0.3, -0.25) is 0 Å². The molecule has 0 unspecified atom stereocenters. The molecular weight excluding hydrogens is 180 g/mol. The fraction of sp³-hybridized carbons (Fsp3) is 0.500. The first-order chi connectivity index (χ1) is 6.75. The van der Waals surface area contributed by atoms with Crippen molar-refractivity contribution >= 4 is 0 Å². The Balaban J connectivity index is 2.64. The normalized spacial score (nSPS) is 12.5. The van der Waals surface area contributed by atoms with E-state index >= 15 is 0 Å². The molecule has 1 aromatic rings. The molecule has 1 rings (SSSR count). The van der Waals surface area contributed by atoms with E-state index in [1.807, 2.05) is 19.1 Å². The van der Waals surface area contributed by atoms with Gasteiger partial charge >= 0.3 is 0 Å². The van der Waals surface area contributed by atoms with E-state index in [4.69, 9.17) is 15.2 Å². The topological polar surface area (TPSA) is 57.4 Å². The molecule has 0 aliphatic rings. The zero-order valence-electron chi connectivity index (χ0n) is 8.56. The van der Waals surface area contributed by atoms with E-state index in [0.717, 1.165) is 5.56 Å². The summed E-state index contributed by atoms with van der Waals surface area (Å²) in [6.07, 6.45) is 1.69. The van der Waals surface area contributed by atoms with Gasteiger partial charge in [0, 0.05) is 24.9 Å². The van der Waals surface area contributed by atoms with Gasteiger partial charge in [0.1, 0.15) is 6.61 Å². The van der Waals surface area contributed by atoms with Crippen LogP contribution in [0, 0.1) is 0 Å². The van der Waals surface area contributed by atoms with Gasteiger partial charge in [0.25, 0.3) is 0 Å². The SMILES string of the molecule is COCCOc1ncccc1[C@@H](C)N. The number of pyridine rings is 1. The van der Waals surface area contributed by atoms with Crippen LogP contribution in [0.25, 0.3) is 0 Å². The summed E-state index contributed by atoms with van der Waals surface area (Å²) >= 11 is 0. The molecule has 1 atom stereocenters. The Labute approximate surface area is 84.0 Å². The molecule has 0 amide bonds. The van der Waals surface area contributed by atoms with Crippen LogP contribution >= 0.6 is 0 Å².